The molecule has 0 radical (unpaired) electrons. The van der Waals surface area contributed by atoms with Crippen LogP contribution >= 0.6 is 0 Å². The Kier molecular flexibility index (Phi) is 6.30. The van der Waals surface area contributed by atoms with E-state index in [1.54, 1.807) is 12.0 Å². The first-order valence-electron chi connectivity index (χ1n) is 9.02. The van der Waals surface area contributed by atoms with Gasteiger partial charge in [-0.25, -0.2) is 0 Å². The third-order valence-corrected chi connectivity index (χ3v) is 4.55. The van der Waals surface area contributed by atoms with Crippen LogP contribution in [-0.4, -0.2) is 43.5 Å². The fourth-order valence-corrected chi connectivity index (χ4v) is 3.14. The lowest BCUT2D eigenvalue weighted by atomic mass is 10.1. The van der Waals surface area contributed by atoms with Crippen molar-refractivity contribution in [3.8, 4) is 11.5 Å². The van der Waals surface area contributed by atoms with Gasteiger partial charge in [-0.1, -0.05) is 36.4 Å². The lowest BCUT2D eigenvalue weighted by Crippen LogP contribution is -2.35. The largest absolute Gasteiger partial charge is 0.496 e. The summed E-state index contributed by atoms with van der Waals surface area (Å²) in [5.74, 6) is 1.06. The molecule has 1 heterocycles. The van der Waals surface area contributed by atoms with E-state index in [9.17, 15) is 9.59 Å². The molecule has 2 aromatic rings. The molecule has 1 fully saturated rings. The molecular weight excluding hydrogens is 344 g/mol. The van der Waals surface area contributed by atoms with Crippen LogP contribution in [0.15, 0.2) is 54.6 Å². The summed E-state index contributed by atoms with van der Waals surface area (Å²) >= 11 is 0. The number of methoxy groups -OCH3 is 1. The summed E-state index contributed by atoms with van der Waals surface area (Å²) < 4.78 is 10.9. The molecular formula is C21H24N2O4. The van der Waals surface area contributed by atoms with Crippen molar-refractivity contribution in [2.24, 2.45) is 5.92 Å². The normalized spacial score (nSPS) is 16.3. The average Bonchev–Trinajstić information content (AvgIpc) is 3.07. The molecule has 0 spiro atoms. The minimum atomic E-state index is -0.330. The van der Waals surface area contributed by atoms with E-state index in [-0.39, 0.29) is 24.2 Å². The first-order valence-corrected chi connectivity index (χ1v) is 9.02. The Labute approximate surface area is 159 Å². The maximum absolute atomic E-state index is 12.4. The molecule has 1 saturated heterocycles. The SMILES string of the molecule is COc1ccccc1CN1C[C@H](C(=O)NCCOc2ccccc2)CC1=O. The van der Waals surface area contributed by atoms with Crippen LogP contribution in [0.1, 0.15) is 12.0 Å². The second-order valence-electron chi connectivity index (χ2n) is 6.44. The standard InChI is InChI=1S/C21H24N2O4/c1-26-19-10-6-5-7-16(19)14-23-15-17(13-20(23)24)21(25)22-11-12-27-18-8-3-2-4-9-18/h2-10,17H,11-15H2,1H3,(H,22,25)/t17-/m1/s1. The van der Waals surface area contributed by atoms with Gasteiger partial charge in [-0.3, -0.25) is 9.59 Å². The predicted octanol–water partition coefficient (Wildman–Crippen LogP) is 2.24. The molecule has 1 N–H and O–H groups in total. The Morgan fingerprint density at radius 2 is 1.89 bits per heavy atom. The molecule has 6 heteroatoms. The molecule has 27 heavy (non-hydrogen) atoms. The van der Waals surface area contributed by atoms with Gasteiger partial charge >= 0.3 is 0 Å². The number of amides is 2. The van der Waals surface area contributed by atoms with Gasteiger partial charge in [-0.15, -0.1) is 0 Å². The monoisotopic (exact) mass is 368 g/mol. The van der Waals surface area contributed by atoms with Gasteiger partial charge in [0.15, 0.2) is 0 Å². The number of hydrogen-bond acceptors (Lipinski definition) is 4. The number of likely N-dealkylation sites (tertiary alicyclic amines) is 1. The summed E-state index contributed by atoms with van der Waals surface area (Å²) in [6.07, 6.45) is 0.237. The fraction of sp³-hybridized carbons (Fsp3) is 0.333. The molecule has 0 bridgehead atoms. The molecule has 1 aliphatic rings. The van der Waals surface area contributed by atoms with E-state index in [4.69, 9.17) is 9.47 Å². The molecule has 2 amide bonds. The van der Waals surface area contributed by atoms with E-state index in [1.807, 2.05) is 54.6 Å². The van der Waals surface area contributed by atoms with Crippen molar-refractivity contribution >= 4 is 11.8 Å². The van der Waals surface area contributed by atoms with Crippen LogP contribution in [0, 0.1) is 5.92 Å². The maximum Gasteiger partial charge on any atom is 0.225 e. The number of hydrogen-bond donors (Lipinski definition) is 1. The van der Waals surface area contributed by atoms with Gasteiger partial charge in [-0.05, 0) is 18.2 Å². The summed E-state index contributed by atoms with van der Waals surface area (Å²) in [6.45, 7) is 1.66. The molecule has 3 rings (SSSR count). The molecule has 1 aliphatic heterocycles. The van der Waals surface area contributed by atoms with E-state index < -0.39 is 0 Å². The Hall–Kier alpha value is -3.02. The minimum absolute atomic E-state index is 0.0124. The molecule has 6 nitrogen and oxygen atoms in total. The first kappa shape index (κ1) is 18.8. The van der Waals surface area contributed by atoms with Crippen LogP contribution in [-0.2, 0) is 16.1 Å². The van der Waals surface area contributed by atoms with Crippen LogP contribution in [0.4, 0.5) is 0 Å². The zero-order valence-corrected chi connectivity index (χ0v) is 15.4. The maximum atomic E-state index is 12.4. The van der Waals surface area contributed by atoms with Gasteiger partial charge in [-0.2, -0.15) is 0 Å². The number of benzene rings is 2. The lowest BCUT2D eigenvalue weighted by molar-refractivity contribution is -0.129. The third kappa shape index (κ3) is 5.00. The van der Waals surface area contributed by atoms with Crippen LogP contribution in [0.3, 0.4) is 0 Å². The van der Waals surface area contributed by atoms with E-state index in [1.165, 1.54) is 0 Å². The summed E-state index contributed by atoms with van der Waals surface area (Å²) in [6, 6.07) is 17.1. The van der Waals surface area contributed by atoms with Crippen molar-refractivity contribution in [1.29, 1.82) is 0 Å². The zero-order chi connectivity index (χ0) is 19.1. The van der Waals surface area contributed by atoms with E-state index >= 15 is 0 Å². The molecule has 0 aromatic heterocycles. The summed E-state index contributed by atoms with van der Waals surface area (Å²) in [7, 11) is 1.61. The number of nitrogens with one attached hydrogen (secondary N) is 1. The first-order chi connectivity index (χ1) is 13.2. The van der Waals surface area contributed by atoms with Gasteiger partial charge in [0.05, 0.1) is 19.6 Å². The summed E-state index contributed by atoms with van der Waals surface area (Å²) in [4.78, 5) is 26.4. The number of nitrogens with zero attached hydrogens (tertiary/aromatic N) is 1. The minimum Gasteiger partial charge on any atom is -0.496 e. The van der Waals surface area contributed by atoms with E-state index in [0.29, 0.717) is 26.2 Å². The van der Waals surface area contributed by atoms with Crippen molar-refractivity contribution in [1.82, 2.24) is 10.2 Å². The molecule has 2 aromatic carbocycles. The van der Waals surface area contributed by atoms with Gasteiger partial charge in [0.1, 0.15) is 18.1 Å². The highest BCUT2D eigenvalue weighted by atomic mass is 16.5. The van der Waals surface area contributed by atoms with Crippen molar-refractivity contribution < 1.29 is 19.1 Å². The van der Waals surface area contributed by atoms with E-state index in [0.717, 1.165) is 17.1 Å². The Balaban J connectivity index is 1.46. The number of carbonyl (C=O) groups excluding carboxylic acids is 2. The number of rotatable bonds is 8. The molecule has 1 atom stereocenters. The fourth-order valence-electron chi connectivity index (χ4n) is 3.14. The van der Waals surface area contributed by atoms with Crippen LogP contribution < -0.4 is 14.8 Å². The second kappa shape index (κ2) is 9.07. The number of para-hydroxylation sites is 2. The Morgan fingerprint density at radius 1 is 1.15 bits per heavy atom. The number of carbonyl (C=O) groups is 2. The Bertz CT molecular complexity index is 779. The van der Waals surface area contributed by atoms with Crippen molar-refractivity contribution in [3.63, 3.8) is 0 Å². The zero-order valence-electron chi connectivity index (χ0n) is 15.4. The van der Waals surface area contributed by atoms with Gasteiger partial charge in [0.25, 0.3) is 0 Å². The van der Waals surface area contributed by atoms with Crippen LogP contribution in [0.5, 0.6) is 11.5 Å². The van der Waals surface area contributed by atoms with Gasteiger partial charge in [0, 0.05) is 25.1 Å². The predicted molar refractivity (Wildman–Crippen MR) is 101 cm³/mol. The van der Waals surface area contributed by atoms with Gasteiger partial charge < -0.3 is 19.7 Å². The molecule has 0 unspecified atom stereocenters. The van der Waals surface area contributed by atoms with Gasteiger partial charge in [0.2, 0.25) is 11.8 Å². The van der Waals surface area contributed by atoms with Crippen molar-refractivity contribution in [2.45, 2.75) is 13.0 Å². The quantitative estimate of drug-likeness (QED) is 0.726. The highest BCUT2D eigenvalue weighted by Gasteiger charge is 2.34. The smallest absolute Gasteiger partial charge is 0.225 e. The second-order valence-corrected chi connectivity index (χ2v) is 6.44. The topological polar surface area (TPSA) is 67.9 Å². The average molecular weight is 368 g/mol. The molecule has 0 saturated carbocycles. The number of ether oxygens (including phenoxy) is 2. The van der Waals surface area contributed by atoms with Crippen molar-refractivity contribution in [3.05, 3.63) is 60.2 Å². The van der Waals surface area contributed by atoms with Crippen LogP contribution in [0.2, 0.25) is 0 Å². The van der Waals surface area contributed by atoms with Crippen molar-refractivity contribution in [2.75, 3.05) is 26.8 Å². The highest BCUT2D eigenvalue weighted by molar-refractivity contribution is 5.89. The highest BCUT2D eigenvalue weighted by Crippen LogP contribution is 2.24. The molecule has 142 valence electrons. The lowest BCUT2D eigenvalue weighted by Gasteiger charge is -2.18. The third-order valence-electron chi connectivity index (χ3n) is 4.55. The van der Waals surface area contributed by atoms with Crippen LogP contribution in [0.25, 0.3) is 0 Å². The summed E-state index contributed by atoms with van der Waals surface area (Å²) in [5.41, 5.74) is 0.936. The van der Waals surface area contributed by atoms with E-state index in [2.05, 4.69) is 5.32 Å². The summed E-state index contributed by atoms with van der Waals surface area (Å²) in [5, 5.41) is 2.85. The Morgan fingerprint density at radius 3 is 2.67 bits per heavy atom. The molecule has 0 aliphatic carbocycles.